The number of ketones is 1. The van der Waals surface area contributed by atoms with Crippen LogP contribution in [0.2, 0.25) is 0 Å². The van der Waals surface area contributed by atoms with E-state index >= 15 is 0 Å². The molecule has 1 saturated carbocycles. The van der Waals surface area contributed by atoms with Crippen LogP contribution in [0, 0.1) is 5.92 Å². The maximum absolute atomic E-state index is 11.0. The minimum Gasteiger partial charge on any atom is -0.299 e. The molecular formula is C7H12OS. The van der Waals surface area contributed by atoms with Crippen molar-refractivity contribution in [1.82, 2.24) is 0 Å². The molecule has 0 unspecified atom stereocenters. The molecule has 0 aromatic carbocycles. The summed E-state index contributed by atoms with van der Waals surface area (Å²) in [5.41, 5.74) is 0. The van der Waals surface area contributed by atoms with Gasteiger partial charge in [-0.15, -0.1) is 0 Å². The molecule has 0 heterocycles. The van der Waals surface area contributed by atoms with E-state index in [2.05, 4.69) is 12.6 Å². The maximum Gasteiger partial charge on any atom is 0.136 e. The first kappa shape index (κ1) is 7.13. The molecule has 1 atom stereocenters. The molecule has 0 aromatic rings. The van der Waals surface area contributed by atoms with Crippen LogP contribution in [-0.4, -0.2) is 11.5 Å². The average Bonchev–Trinajstić information content (AvgIpc) is 1.89. The summed E-state index contributed by atoms with van der Waals surface area (Å²) in [5, 5.41) is 0. The Bertz CT molecular complexity index is 111. The van der Waals surface area contributed by atoms with E-state index in [4.69, 9.17) is 0 Å². The Morgan fingerprint density at radius 3 is 2.78 bits per heavy atom. The first-order chi connectivity index (χ1) is 4.34. The molecule has 1 rings (SSSR count). The second-order valence-electron chi connectivity index (χ2n) is 2.59. The Balaban J connectivity index is 2.39. The number of hydrogen-bond acceptors (Lipinski definition) is 2. The van der Waals surface area contributed by atoms with Crippen LogP contribution in [-0.2, 0) is 4.79 Å². The highest BCUT2D eigenvalue weighted by atomic mass is 32.1. The van der Waals surface area contributed by atoms with Crippen molar-refractivity contribution in [3.63, 3.8) is 0 Å². The highest BCUT2D eigenvalue weighted by Gasteiger charge is 2.19. The minimum absolute atomic E-state index is 0.280. The molecule has 52 valence electrons. The lowest BCUT2D eigenvalue weighted by molar-refractivity contribution is -0.123. The molecule has 1 fully saturated rings. The molecule has 0 aromatic heterocycles. The average molecular weight is 144 g/mol. The number of carbonyl (C=O) groups excluding carboxylic acids is 1. The fourth-order valence-electron chi connectivity index (χ4n) is 1.25. The molecule has 1 nitrogen and oxygen atoms in total. The van der Waals surface area contributed by atoms with Gasteiger partial charge in [-0.25, -0.2) is 0 Å². The van der Waals surface area contributed by atoms with Crippen LogP contribution >= 0.6 is 12.6 Å². The summed E-state index contributed by atoms with van der Waals surface area (Å²) in [7, 11) is 0. The third-order valence-electron chi connectivity index (χ3n) is 1.90. The summed E-state index contributed by atoms with van der Waals surface area (Å²) in [6, 6.07) is 0. The van der Waals surface area contributed by atoms with Crippen molar-refractivity contribution in [2.24, 2.45) is 5.92 Å². The molecule has 1 aliphatic rings. The summed E-state index contributed by atoms with van der Waals surface area (Å²) in [5.74, 6) is 1.46. The molecule has 1 aliphatic carbocycles. The molecule has 0 N–H and O–H groups in total. The quantitative estimate of drug-likeness (QED) is 0.554. The van der Waals surface area contributed by atoms with Gasteiger partial charge in [0.15, 0.2) is 0 Å². The molecule has 0 bridgehead atoms. The van der Waals surface area contributed by atoms with E-state index < -0.39 is 0 Å². The summed E-state index contributed by atoms with van der Waals surface area (Å²) in [4.78, 5) is 11.0. The zero-order valence-corrected chi connectivity index (χ0v) is 6.36. The van der Waals surface area contributed by atoms with Gasteiger partial charge in [-0.2, -0.15) is 12.6 Å². The normalized spacial score (nSPS) is 28.6. The lowest BCUT2D eigenvalue weighted by atomic mass is 9.89. The highest BCUT2D eigenvalue weighted by molar-refractivity contribution is 7.80. The van der Waals surface area contributed by atoms with E-state index in [1.807, 2.05) is 0 Å². The van der Waals surface area contributed by atoms with E-state index in [0.29, 0.717) is 5.78 Å². The number of carbonyl (C=O) groups is 1. The van der Waals surface area contributed by atoms with Gasteiger partial charge in [0.25, 0.3) is 0 Å². The van der Waals surface area contributed by atoms with Gasteiger partial charge in [0.2, 0.25) is 0 Å². The second-order valence-corrected chi connectivity index (χ2v) is 2.96. The van der Waals surface area contributed by atoms with Gasteiger partial charge < -0.3 is 0 Å². The molecular weight excluding hydrogens is 132 g/mol. The van der Waals surface area contributed by atoms with Crippen LogP contribution in [0.5, 0.6) is 0 Å². The van der Waals surface area contributed by atoms with E-state index in [1.165, 1.54) is 6.42 Å². The Hall–Kier alpha value is 0.0200. The number of Topliss-reactive ketones (excluding diaryl/α,β-unsaturated/α-hetero) is 1. The van der Waals surface area contributed by atoms with Gasteiger partial charge in [-0.3, -0.25) is 4.79 Å². The fourth-order valence-corrected chi connectivity index (χ4v) is 1.63. The molecule has 0 amide bonds. The van der Waals surface area contributed by atoms with Crippen LogP contribution in [0.1, 0.15) is 25.7 Å². The summed E-state index contributed by atoms with van der Waals surface area (Å²) in [6.07, 6.45) is 4.19. The van der Waals surface area contributed by atoms with Gasteiger partial charge in [-0.1, -0.05) is 6.42 Å². The van der Waals surface area contributed by atoms with Crippen LogP contribution in [0.15, 0.2) is 0 Å². The van der Waals surface area contributed by atoms with Crippen LogP contribution in [0.4, 0.5) is 0 Å². The molecule has 0 radical (unpaired) electrons. The Labute approximate surface area is 61.2 Å². The highest BCUT2D eigenvalue weighted by Crippen LogP contribution is 2.20. The first-order valence-electron chi connectivity index (χ1n) is 3.48. The SMILES string of the molecule is O=C1CCCC[C@@H]1CS. The van der Waals surface area contributed by atoms with Gasteiger partial charge in [0.05, 0.1) is 0 Å². The summed E-state index contributed by atoms with van der Waals surface area (Å²) >= 11 is 4.10. The Kier molecular flexibility index (Phi) is 2.58. The standard InChI is InChI=1S/C7H12OS/c8-7-4-2-1-3-6(7)5-9/h6,9H,1-5H2/t6-/m1/s1. The predicted octanol–water partition coefficient (Wildman–Crippen LogP) is 1.68. The van der Waals surface area contributed by atoms with Gasteiger partial charge in [-0.05, 0) is 18.6 Å². The first-order valence-corrected chi connectivity index (χ1v) is 4.11. The topological polar surface area (TPSA) is 17.1 Å². The number of hydrogen-bond donors (Lipinski definition) is 1. The van der Waals surface area contributed by atoms with Crippen molar-refractivity contribution in [3.8, 4) is 0 Å². The van der Waals surface area contributed by atoms with Crippen LogP contribution < -0.4 is 0 Å². The van der Waals surface area contributed by atoms with E-state index in [9.17, 15) is 4.79 Å². The van der Waals surface area contributed by atoms with Crippen molar-refractivity contribution in [3.05, 3.63) is 0 Å². The van der Waals surface area contributed by atoms with Crippen molar-refractivity contribution in [2.45, 2.75) is 25.7 Å². The van der Waals surface area contributed by atoms with Crippen molar-refractivity contribution < 1.29 is 4.79 Å². The van der Waals surface area contributed by atoms with E-state index in [1.54, 1.807) is 0 Å². The third kappa shape index (κ3) is 1.71. The monoisotopic (exact) mass is 144 g/mol. The second kappa shape index (κ2) is 3.25. The van der Waals surface area contributed by atoms with E-state index in [0.717, 1.165) is 25.0 Å². The van der Waals surface area contributed by atoms with Crippen molar-refractivity contribution >= 4 is 18.4 Å². The largest absolute Gasteiger partial charge is 0.299 e. The van der Waals surface area contributed by atoms with Gasteiger partial charge >= 0.3 is 0 Å². The fraction of sp³-hybridized carbons (Fsp3) is 0.857. The molecule has 0 spiro atoms. The summed E-state index contributed by atoms with van der Waals surface area (Å²) < 4.78 is 0. The maximum atomic E-state index is 11.0. The van der Waals surface area contributed by atoms with Gasteiger partial charge in [0.1, 0.15) is 5.78 Å². The zero-order valence-electron chi connectivity index (χ0n) is 5.47. The summed E-state index contributed by atoms with van der Waals surface area (Å²) in [6.45, 7) is 0. The minimum atomic E-state index is 0.280. The number of thiol groups is 1. The lowest BCUT2D eigenvalue weighted by Crippen LogP contribution is -2.19. The molecule has 9 heavy (non-hydrogen) atoms. The Morgan fingerprint density at radius 1 is 1.56 bits per heavy atom. The van der Waals surface area contributed by atoms with Crippen LogP contribution in [0.3, 0.4) is 0 Å². The zero-order chi connectivity index (χ0) is 6.69. The van der Waals surface area contributed by atoms with Gasteiger partial charge in [0, 0.05) is 12.3 Å². The molecule has 0 aliphatic heterocycles. The Morgan fingerprint density at radius 2 is 2.33 bits per heavy atom. The number of rotatable bonds is 1. The smallest absolute Gasteiger partial charge is 0.136 e. The molecule has 0 saturated heterocycles. The molecule has 2 heteroatoms. The van der Waals surface area contributed by atoms with E-state index in [-0.39, 0.29) is 5.92 Å². The predicted molar refractivity (Wildman–Crippen MR) is 40.8 cm³/mol. The third-order valence-corrected chi connectivity index (χ3v) is 2.34. The van der Waals surface area contributed by atoms with Crippen molar-refractivity contribution in [1.29, 1.82) is 0 Å². The lowest BCUT2D eigenvalue weighted by Gasteiger charge is -2.17. The van der Waals surface area contributed by atoms with Crippen molar-refractivity contribution in [2.75, 3.05) is 5.75 Å². The van der Waals surface area contributed by atoms with Crippen LogP contribution in [0.25, 0.3) is 0 Å².